The quantitative estimate of drug-likeness (QED) is 0.705. The van der Waals surface area contributed by atoms with E-state index in [9.17, 15) is 4.79 Å². The highest BCUT2D eigenvalue weighted by Crippen LogP contribution is 2.27. The lowest BCUT2D eigenvalue weighted by Gasteiger charge is -2.35. The van der Waals surface area contributed by atoms with E-state index in [-0.39, 0.29) is 18.3 Å². The van der Waals surface area contributed by atoms with Crippen LogP contribution >= 0.6 is 12.4 Å². The fourth-order valence-electron chi connectivity index (χ4n) is 4.47. The summed E-state index contributed by atoms with van der Waals surface area (Å²) in [5.41, 5.74) is 0.798. The SMILES string of the molecule is CN(CCC1CCN(CC2CCCCC2)CC1)C(=O)c1ccccc1.Cl. The first kappa shape index (κ1) is 21.2. The van der Waals surface area contributed by atoms with Crippen molar-refractivity contribution in [1.82, 2.24) is 9.80 Å². The molecule has 0 atom stereocenters. The summed E-state index contributed by atoms with van der Waals surface area (Å²) in [5.74, 6) is 1.89. The molecule has 3 rings (SSSR count). The summed E-state index contributed by atoms with van der Waals surface area (Å²) in [6.45, 7) is 4.73. The number of rotatable bonds is 6. The summed E-state index contributed by atoms with van der Waals surface area (Å²) in [7, 11) is 1.94. The van der Waals surface area contributed by atoms with Gasteiger partial charge in [0.1, 0.15) is 0 Å². The summed E-state index contributed by atoms with van der Waals surface area (Å²) in [4.78, 5) is 17.0. The molecule has 1 aromatic rings. The van der Waals surface area contributed by atoms with Gasteiger partial charge < -0.3 is 9.80 Å². The van der Waals surface area contributed by atoms with Crippen molar-refractivity contribution in [2.45, 2.75) is 51.4 Å². The molecular weight excluding hydrogens is 344 g/mol. The van der Waals surface area contributed by atoms with Crippen molar-refractivity contribution in [3.8, 4) is 0 Å². The van der Waals surface area contributed by atoms with Gasteiger partial charge in [-0.05, 0) is 69.2 Å². The second kappa shape index (κ2) is 10.9. The Morgan fingerprint density at radius 3 is 2.31 bits per heavy atom. The second-order valence-electron chi connectivity index (χ2n) is 8.13. The predicted molar refractivity (Wildman–Crippen MR) is 111 cm³/mol. The topological polar surface area (TPSA) is 23.6 Å². The van der Waals surface area contributed by atoms with Crippen molar-refractivity contribution in [3.05, 3.63) is 35.9 Å². The Kier molecular flexibility index (Phi) is 8.94. The largest absolute Gasteiger partial charge is 0.342 e. The molecule has 0 spiro atoms. The molecule has 2 fully saturated rings. The molecule has 2 aliphatic rings. The zero-order valence-corrected chi connectivity index (χ0v) is 17.1. The Balaban J connectivity index is 0.00000243. The van der Waals surface area contributed by atoms with Gasteiger partial charge >= 0.3 is 0 Å². The molecule has 1 amide bonds. The normalized spacial score (nSPS) is 19.7. The second-order valence-corrected chi connectivity index (χ2v) is 8.13. The van der Waals surface area contributed by atoms with E-state index in [0.29, 0.717) is 0 Å². The number of likely N-dealkylation sites (tertiary alicyclic amines) is 1. The zero-order chi connectivity index (χ0) is 17.5. The molecular formula is C22H35ClN2O. The summed E-state index contributed by atoms with van der Waals surface area (Å²) >= 11 is 0. The minimum Gasteiger partial charge on any atom is -0.342 e. The van der Waals surface area contributed by atoms with Gasteiger partial charge in [0.05, 0.1) is 0 Å². The smallest absolute Gasteiger partial charge is 0.253 e. The van der Waals surface area contributed by atoms with Crippen molar-refractivity contribution < 1.29 is 4.79 Å². The van der Waals surface area contributed by atoms with Crippen LogP contribution in [0.1, 0.15) is 61.7 Å². The fourth-order valence-corrected chi connectivity index (χ4v) is 4.47. The van der Waals surface area contributed by atoms with Crippen LogP contribution < -0.4 is 0 Å². The van der Waals surface area contributed by atoms with E-state index in [1.807, 2.05) is 42.3 Å². The molecule has 0 bridgehead atoms. The molecule has 0 aromatic heterocycles. The highest BCUT2D eigenvalue weighted by atomic mass is 35.5. The molecule has 146 valence electrons. The summed E-state index contributed by atoms with van der Waals surface area (Å²) in [6, 6.07) is 9.63. The number of carbonyl (C=O) groups is 1. The van der Waals surface area contributed by atoms with Gasteiger partial charge in [-0.15, -0.1) is 12.4 Å². The van der Waals surface area contributed by atoms with E-state index >= 15 is 0 Å². The molecule has 1 saturated heterocycles. The number of piperidine rings is 1. The number of hydrogen-bond acceptors (Lipinski definition) is 2. The summed E-state index contributed by atoms with van der Waals surface area (Å²) in [5, 5.41) is 0. The van der Waals surface area contributed by atoms with Gasteiger partial charge in [-0.1, -0.05) is 37.5 Å². The van der Waals surface area contributed by atoms with Crippen LogP contribution in [0.3, 0.4) is 0 Å². The van der Waals surface area contributed by atoms with E-state index in [1.165, 1.54) is 64.6 Å². The first-order valence-corrected chi connectivity index (χ1v) is 10.3. The molecule has 1 aliphatic heterocycles. The molecule has 1 aliphatic carbocycles. The van der Waals surface area contributed by atoms with Crippen LogP contribution in [0.2, 0.25) is 0 Å². The zero-order valence-electron chi connectivity index (χ0n) is 16.2. The van der Waals surface area contributed by atoms with Crippen LogP contribution in [-0.4, -0.2) is 48.9 Å². The van der Waals surface area contributed by atoms with E-state index in [2.05, 4.69) is 4.90 Å². The molecule has 0 unspecified atom stereocenters. The van der Waals surface area contributed by atoms with Crippen molar-refractivity contribution >= 4 is 18.3 Å². The molecule has 1 aromatic carbocycles. The molecule has 0 radical (unpaired) electrons. The van der Waals surface area contributed by atoms with Crippen LogP contribution in [0.25, 0.3) is 0 Å². The lowest BCUT2D eigenvalue weighted by molar-refractivity contribution is 0.0774. The van der Waals surface area contributed by atoms with Crippen LogP contribution in [0.15, 0.2) is 30.3 Å². The van der Waals surface area contributed by atoms with E-state index in [1.54, 1.807) is 0 Å². The van der Waals surface area contributed by atoms with Crippen LogP contribution in [0.4, 0.5) is 0 Å². The first-order valence-electron chi connectivity index (χ1n) is 10.3. The third-order valence-electron chi connectivity index (χ3n) is 6.19. The number of halogens is 1. The van der Waals surface area contributed by atoms with Gasteiger partial charge in [-0.2, -0.15) is 0 Å². The van der Waals surface area contributed by atoms with Crippen molar-refractivity contribution in [1.29, 1.82) is 0 Å². The number of nitrogens with zero attached hydrogens (tertiary/aromatic N) is 2. The molecule has 3 nitrogen and oxygen atoms in total. The lowest BCUT2D eigenvalue weighted by Crippen LogP contribution is -2.38. The minimum atomic E-state index is 0. The van der Waals surface area contributed by atoms with E-state index in [0.717, 1.165) is 30.4 Å². The van der Waals surface area contributed by atoms with Crippen LogP contribution in [0, 0.1) is 11.8 Å². The summed E-state index contributed by atoms with van der Waals surface area (Å²) < 4.78 is 0. The van der Waals surface area contributed by atoms with Gasteiger partial charge in [0, 0.05) is 25.7 Å². The molecule has 0 N–H and O–H groups in total. The van der Waals surface area contributed by atoms with Gasteiger partial charge in [0.2, 0.25) is 0 Å². The third-order valence-corrected chi connectivity index (χ3v) is 6.19. The van der Waals surface area contributed by atoms with E-state index < -0.39 is 0 Å². The van der Waals surface area contributed by atoms with E-state index in [4.69, 9.17) is 0 Å². The Morgan fingerprint density at radius 2 is 1.65 bits per heavy atom. The standard InChI is InChI=1S/C22H34N2O.ClH/c1-23(22(25)21-10-6-3-7-11-21)15-12-19-13-16-24(17-14-19)18-20-8-4-2-5-9-20;/h3,6-7,10-11,19-20H,2,4-5,8-9,12-18H2,1H3;1H. The monoisotopic (exact) mass is 378 g/mol. The maximum absolute atomic E-state index is 12.4. The Labute approximate surface area is 165 Å². The maximum Gasteiger partial charge on any atom is 0.253 e. The Morgan fingerprint density at radius 1 is 1.00 bits per heavy atom. The highest BCUT2D eigenvalue weighted by Gasteiger charge is 2.23. The number of amides is 1. The average Bonchev–Trinajstić information content (AvgIpc) is 2.68. The number of hydrogen-bond donors (Lipinski definition) is 0. The molecule has 1 heterocycles. The molecule has 4 heteroatoms. The predicted octanol–water partition coefficient (Wildman–Crippen LogP) is 4.86. The molecule has 1 saturated carbocycles. The van der Waals surface area contributed by atoms with Crippen molar-refractivity contribution in [2.24, 2.45) is 11.8 Å². The highest BCUT2D eigenvalue weighted by molar-refractivity contribution is 5.93. The Hall–Kier alpha value is -1.06. The minimum absolute atomic E-state index is 0. The maximum atomic E-state index is 12.4. The third kappa shape index (κ3) is 6.28. The van der Waals surface area contributed by atoms with Gasteiger partial charge in [-0.3, -0.25) is 4.79 Å². The lowest BCUT2D eigenvalue weighted by atomic mass is 9.87. The van der Waals surface area contributed by atoms with Gasteiger partial charge in [-0.25, -0.2) is 0 Å². The fraction of sp³-hybridized carbons (Fsp3) is 0.682. The van der Waals surface area contributed by atoms with Crippen molar-refractivity contribution in [3.63, 3.8) is 0 Å². The van der Waals surface area contributed by atoms with Crippen LogP contribution in [-0.2, 0) is 0 Å². The number of carbonyl (C=O) groups excluding carboxylic acids is 1. The first-order chi connectivity index (χ1) is 12.2. The summed E-state index contributed by atoms with van der Waals surface area (Å²) in [6.07, 6.45) is 11.0. The van der Waals surface area contributed by atoms with Gasteiger partial charge in [0.15, 0.2) is 0 Å². The Bertz CT molecular complexity index is 522. The molecule has 26 heavy (non-hydrogen) atoms. The van der Waals surface area contributed by atoms with Crippen LogP contribution in [0.5, 0.6) is 0 Å². The van der Waals surface area contributed by atoms with Gasteiger partial charge in [0.25, 0.3) is 5.91 Å². The van der Waals surface area contributed by atoms with Crippen molar-refractivity contribution in [2.75, 3.05) is 33.2 Å². The number of benzene rings is 1. The average molecular weight is 379 g/mol.